The molecule has 3 rings (SSSR count). The lowest BCUT2D eigenvalue weighted by Gasteiger charge is -2.09. The summed E-state index contributed by atoms with van der Waals surface area (Å²) in [6, 6.07) is 14.2. The van der Waals surface area contributed by atoms with Crippen LogP contribution >= 0.6 is 0 Å². The average Bonchev–Trinajstić information content (AvgIpc) is 2.39. The Hall–Kier alpha value is -2.35. The lowest BCUT2D eigenvalue weighted by Crippen LogP contribution is -1.85. The summed E-state index contributed by atoms with van der Waals surface area (Å²) in [5.74, 6) is 0.192. The minimum Gasteiger partial charge on any atom is -0.506 e. The Kier molecular flexibility index (Phi) is 2.49. The zero-order chi connectivity index (χ0) is 12.5. The van der Waals surface area contributed by atoms with Gasteiger partial charge < -0.3 is 5.11 Å². The predicted octanol–water partition coefficient (Wildman–Crippen LogP) is 3.92. The van der Waals surface area contributed by atoms with Crippen molar-refractivity contribution in [3.8, 4) is 16.9 Å². The van der Waals surface area contributed by atoms with Crippen molar-refractivity contribution in [1.29, 1.82) is 0 Å². The molecule has 2 nitrogen and oxygen atoms in total. The van der Waals surface area contributed by atoms with Crippen molar-refractivity contribution in [2.45, 2.75) is 6.92 Å². The Morgan fingerprint density at radius 3 is 2.50 bits per heavy atom. The number of nitrogens with zero attached hydrogens (tertiary/aromatic N) is 1. The fraction of sp³-hybridized carbons (Fsp3) is 0.0625. The van der Waals surface area contributed by atoms with Gasteiger partial charge in [-0.25, -0.2) is 0 Å². The van der Waals surface area contributed by atoms with Gasteiger partial charge in [0.15, 0.2) is 0 Å². The first-order chi connectivity index (χ1) is 8.75. The van der Waals surface area contributed by atoms with E-state index < -0.39 is 0 Å². The standard InChI is InChI=1S/C16H13NO/c1-11-6-7-15(12-8-13(18)10-17-9-12)16-5-3-2-4-14(11)16/h2-10,18H,1H3. The smallest absolute Gasteiger partial charge is 0.134 e. The van der Waals surface area contributed by atoms with E-state index in [2.05, 4.69) is 36.2 Å². The van der Waals surface area contributed by atoms with Gasteiger partial charge in [-0.3, -0.25) is 4.98 Å². The van der Waals surface area contributed by atoms with Gasteiger partial charge in [-0.1, -0.05) is 36.4 Å². The van der Waals surface area contributed by atoms with Gasteiger partial charge in [0, 0.05) is 11.8 Å². The molecule has 1 heterocycles. The SMILES string of the molecule is Cc1ccc(-c2cncc(O)c2)c2ccccc12. The molecule has 1 N–H and O–H groups in total. The van der Waals surface area contributed by atoms with Crippen molar-refractivity contribution >= 4 is 10.8 Å². The van der Waals surface area contributed by atoms with Crippen molar-refractivity contribution in [3.63, 3.8) is 0 Å². The molecule has 2 aromatic carbocycles. The van der Waals surface area contributed by atoms with E-state index in [1.165, 1.54) is 22.5 Å². The summed E-state index contributed by atoms with van der Waals surface area (Å²) >= 11 is 0. The number of benzene rings is 2. The average molecular weight is 235 g/mol. The van der Waals surface area contributed by atoms with Gasteiger partial charge in [-0.05, 0) is 34.9 Å². The molecule has 0 bridgehead atoms. The van der Waals surface area contributed by atoms with Crippen LogP contribution in [0.1, 0.15) is 5.56 Å². The molecule has 3 aromatic rings. The van der Waals surface area contributed by atoms with Gasteiger partial charge in [0.25, 0.3) is 0 Å². The minimum absolute atomic E-state index is 0.192. The molecule has 0 fully saturated rings. The van der Waals surface area contributed by atoms with E-state index in [0.717, 1.165) is 11.1 Å². The second kappa shape index (κ2) is 4.15. The lowest BCUT2D eigenvalue weighted by atomic mass is 9.96. The highest BCUT2D eigenvalue weighted by Crippen LogP contribution is 2.31. The van der Waals surface area contributed by atoms with Crippen LogP contribution in [0.3, 0.4) is 0 Å². The highest BCUT2D eigenvalue weighted by molar-refractivity contribution is 5.98. The van der Waals surface area contributed by atoms with Gasteiger partial charge >= 0.3 is 0 Å². The zero-order valence-electron chi connectivity index (χ0n) is 10.1. The van der Waals surface area contributed by atoms with E-state index in [1.807, 2.05) is 12.1 Å². The molecule has 18 heavy (non-hydrogen) atoms. The first-order valence-electron chi connectivity index (χ1n) is 5.88. The lowest BCUT2D eigenvalue weighted by molar-refractivity contribution is 0.473. The fourth-order valence-electron chi connectivity index (χ4n) is 2.28. The molecule has 2 heteroatoms. The second-order valence-corrected chi connectivity index (χ2v) is 4.41. The summed E-state index contributed by atoms with van der Waals surface area (Å²) in [5, 5.41) is 12.0. The molecule has 0 saturated heterocycles. The molecule has 0 aliphatic heterocycles. The van der Waals surface area contributed by atoms with E-state index >= 15 is 0 Å². The largest absolute Gasteiger partial charge is 0.506 e. The highest BCUT2D eigenvalue weighted by atomic mass is 16.3. The summed E-state index contributed by atoms with van der Waals surface area (Å²) in [7, 11) is 0. The third-order valence-electron chi connectivity index (χ3n) is 3.18. The number of pyridine rings is 1. The maximum absolute atomic E-state index is 9.54. The second-order valence-electron chi connectivity index (χ2n) is 4.41. The van der Waals surface area contributed by atoms with Gasteiger partial charge in [0.05, 0.1) is 6.20 Å². The van der Waals surface area contributed by atoms with Gasteiger partial charge in [-0.2, -0.15) is 0 Å². The van der Waals surface area contributed by atoms with Crippen LogP contribution in [-0.2, 0) is 0 Å². The Morgan fingerprint density at radius 2 is 1.72 bits per heavy atom. The van der Waals surface area contributed by atoms with Gasteiger partial charge in [-0.15, -0.1) is 0 Å². The summed E-state index contributed by atoms with van der Waals surface area (Å²) < 4.78 is 0. The van der Waals surface area contributed by atoms with Crippen LogP contribution in [0.15, 0.2) is 54.9 Å². The van der Waals surface area contributed by atoms with Crippen LogP contribution in [0, 0.1) is 6.92 Å². The maximum Gasteiger partial charge on any atom is 0.134 e. The molecule has 0 radical (unpaired) electrons. The van der Waals surface area contributed by atoms with Crippen LogP contribution < -0.4 is 0 Å². The maximum atomic E-state index is 9.54. The van der Waals surface area contributed by atoms with Crippen LogP contribution in [0.5, 0.6) is 5.75 Å². The number of aromatic nitrogens is 1. The van der Waals surface area contributed by atoms with Crippen LogP contribution in [0.25, 0.3) is 21.9 Å². The summed E-state index contributed by atoms with van der Waals surface area (Å²) in [6.07, 6.45) is 3.22. The summed E-state index contributed by atoms with van der Waals surface area (Å²) in [6.45, 7) is 2.10. The zero-order valence-corrected chi connectivity index (χ0v) is 10.1. The highest BCUT2D eigenvalue weighted by Gasteiger charge is 2.06. The molecule has 0 unspecified atom stereocenters. The Labute approximate surface area is 106 Å². The molecule has 0 atom stereocenters. The Bertz CT molecular complexity index is 719. The first kappa shape index (κ1) is 10.8. The van der Waals surface area contributed by atoms with E-state index in [4.69, 9.17) is 0 Å². The molecule has 0 aliphatic rings. The van der Waals surface area contributed by atoms with Gasteiger partial charge in [0.2, 0.25) is 0 Å². The van der Waals surface area contributed by atoms with E-state index in [0.29, 0.717) is 0 Å². The molecule has 0 aliphatic carbocycles. The Morgan fingerprint density at radius 1 is 0.944 bits per heavy atom. The molecule has 0 saturated carbocycles. The van der Waals surface area contributed by atoms with Crippen molar-refractivity contribution in [2.24, 2.45) is 0 Å². The number of hydrogen-bond acceptors (Lipinski definition) is 2. The third kappa shape index (κ3) is 1.72. The van der Waals surface area contributed by atoms with Crippen LogP contribution in [0.2, 0.25) is 0 Å². The molecule has 0 spiro atoms. The topological polar surface area (TPSA) is 33.1 Å². The van der Waals surface area contributed by atoms with Crippen molar-refractivity contribution in [3.05, 3.63) is 60.4 Å². The van der Waals surface area contributed by atoms with E-state index in [1.54, 1.807) is 12.3 Å². The van der Waals surface area contributed by atoms with E-state index in [9.17, 15) is 5.11 Å². The minimum atomic E-state index is 0.192. The van der Waals surface area contributed by atoms with Crippen molar-refractivity contribution in [2.75, 3.05) is 0 Å². The number of rotatable bonds is 1. The third-order valence-corrected chi connectivity index (χ3v) is 3.18. The van der Waals surface area contributed by atoms with Crippen LogP contribution in [-0.4, -0.2) is 10.1 Å². The normalized spacial score (nSPS) is 10.7. The number of fused-ring (bicyclic) bond motifs is 1. The summed E-state index contributed by atoms with van der Waals surface area (Å²) in [5.41, 5.74) is 3.29. The monoisotopic (exact) mass is 235 g/mol. The number of hydrogen-bond donors (Lipinski definition) is 1. The number of aromatic hydroxyl groups is 1. The molecular weight excluding hydrogens is 222 g/mol. The van der Waals surface area contributed by atoms with Crippen molar-refractivity contribution in [1.82, 2.24) is 4.98 Å². The van der Waals surface area contributed by atoms with Gasteiger partial charge in [0.1, 0.15) is 5.75 Å². The number of aryl methyl sites for hydroxylation is 1. The predicted molar refractivity (Wildman–Crippen MR) is 73.6 cm³/mol. The quantitative estimate of drug-likeness (QED) is 0.693. The van der Waals surface area contributed by atoms with Crippen LogP contribution in [0.4, 0.5) is 0 Å². The molecule has 1 aromatic heterocycles. The Balaban J connectivity index is 2.33. The molecule has 0 amide bonds. The molecular formula is C16H13NO. The first-order valence-corrected chi connectivity index (χ1v) is 5.88. The van der Waals surface area contributed by atoms with Crippen molar-refractivity contribution < 1.29 is 5.11 Å². The summed E-state index contributed by atoms with van der Waals surface area (Å²) in [4.78, 5) is 4.04. The molecule has 88 valence electrons. The van der Waals surface area contributed by atoms with E-state index in [-0.39, 0.29) is 5.75 Å². The fourth-order valence-corrected chi connectivity index (χ4v) is 2.28.